The van der Waals surface area contributed by atoms with E-state index in [1.165, 1.54) is 61.5 Å². The Hall–Kier alpha value is -5.58. The average molecular weight is 774 g/mol. The van der Waals surface area contributed by atoms with Gasteiger partial charge in [-0.25, -0.2) is 13.2 Å². The molecule has 0 saturated heterocycles. The lowest BCUT2D eigenvalue weighted by molar-refractivity contribution is 0.259. The van der Waals surface area contributed by atoms with Crippen molar-refractivity contribution in [2.45, 2.75) is 21.6 Å². The van der Waals surface area contributed by atoms with Gasteiger partial charge in [0.2, 0.25) is 17.2 Å². The lowest BCUT2D eigenvalue weighted by Gasteiger charge is -2.12. The van der Waals surface area contributed by atoms with Gasteiger partial charge in [0.05, 0.1) is 10.6 Å². The summed E-state index contributed by atoms with van der Waals surface area (Å²) in [6.07, 6.45) is 0. The number of hydrogen-bond donors (Lipinski definition) is 6. The number of nitrogens with one attached hydrogen (secondary N) is 3. The maximum Gasteiger partial charge on any atom is 0.316 e. The summed E-state index contributed by atoms with van der Waals surface area (Å²) < 4.78 is 92.4. The van der Waals surface area contributed by atoms with Crippen molar-refractivity contribution in [3.05, 3.63) is 89.6 Å². The number of azo groups is 1. The molecule has 0 saturated carbocycles. The molecule has 0 bridgehead atoms. The lowest BCUT2D eigenvalue weighted by Crippen LogP contribution is -2.19. The van der Waals surface area contributed by atoms with Gasteiger partial charge in [-0.15, -0.1) is 10.2 Å². The third-order valence-corrected chi connectivity index (χ3v) is 10.1. The van der Waals surface area contributed by atoms with E-state index < -0.39 is 51.6 Å². The number of nitrogens with two attached hydrogens (primary N) is 1. The first-order valence-electron chi connectivity index (χ1n) is 13.9. The van der Waals surface area contributed by atoms with Gasteiger partial charge in [-0.1, -0.05) is 12.6 Å². The number of fused-ring (bicyclic) bond motifs is 1. The van der Waals surface area contributed by atoms with Crippen molar-refractivity contribution in [2.24, 2.45) is 16.0 Å². The summed E-state index contributed by atoms with van der Waals surface area (Å²) >= 11 is 6.09. The Morgan fingerprint density at radius 1 is 0.804 bits per heavy atom. The molecule has 22 heteroatoms. The van der Waals surface area contributed by atoms with Crippen LogP contribution in [-0.4, -0.2) is 55.3 Å². The minimum atomic E-state index is -4.93. The molecular formula is C29H24ClN9O9S3. The number of rotatable bonds is 11. The number of carbonyl (C=O) groups excluding carboxylic acids is 1. The highest BCUT2D eigenvalue weighted by atomic mass is 35.5. The predicted molar refractivity (Wildman–Crippen MR) is 187 cm³/mol. The van der Waals surface area contributed by atoms with E-state index in [1.54, 1.807) is 0 Å². The first-order valence-corrected chi connectivity index (χ1v) is 18.7. The number of aromatic nitrogens is 3. The number of primary amides is 1. The van der Waals surface area contributed by atoms with Crippen LogP contribution in [0.2, 0.25) is 5.28 Å². The molecule has 1 heterocycles. The van der Waals surface area contributed by atoms with Crippen molar-refractivity contribution >= 4 is 98.8 Å². The third kappa shape index (κ3) is 8.78. The Labute approximate surface area is 294 Å². The van der Waals surface area contributed by atoms with Crippen LogP contribution in [0.4, 0.5) is 45.1 Å². The van der Waals surface area contributed by atoms with E-state index in [2.05, 4.69) is 47.7 Å². The molecule has 0 fully saturated rings. The fourth-order valence-corrected chi connectivity index (χ4v) is 6.87. The van der Waals surface area contributed by atoms with E-state index >= 15 is 0 Å². The molecule has 0 aliphatic carbocycles. The van der Waals surface area contributed by atoms with Gasteiger partial charge >= 0.3 is 6.03 Å². The highest BCUT2D eigenvalue weighted by molar-refractivity contribution is 7.94. The minimum absolute atomic E-state index is 0.0185. The Kier molecular flexibility index (Phi) is 10.1. The second-order valence-corrected chi connectivity index (χ2v) is 15.4. The number of carbonyl (C=O) groups is 1. The SMILES string of the molecule is C=CS(=O)(=O)c1ccc(Nc2nc(Cl)nc(Nc3ccc(N=Nc4cc5c(S(=O)(=O)O)cc(C)cc5cc4S(=O)(=O)O)c(NC(N)=O)c3)n2)cc1. The molecule has 0 radical (unpaired) electrons. The number of benzene rings is 4. The van der Waals surface area contributed by atoms with Gasteiger partial charge in [0.1, 0.15) is 21.2 Å². The molecule has 0 aliphatic heterocycles. The van der Waals surface area contributed by atoms with Crippen LogP contribution in [0.15, 0.2) is 104 Å². The summed E-state index contributed by atoms with van der Waals surface area (Å²) in [5, 5.41) is 16.5. The average Bonchev–Trinajstić information content (AvgIpc) is 3.02. The zero-order chi connectivity index (χ0) is 37.3. The Balaban J connectivity index is 1.48. The highest BCUT2D eigenvalue weighted by Gasteiger charge is 2.22. The van der Waals surface area contributed by atoms with Crippen molar-refractivity contribution in [1.29, 1.82) is 0 Å². The topological polar surface area (TPSA) is 285 Å². The van der Waals surface area contributed by atoms with Crippen LogP contribution in [-0.2, 0) is 30.1 Å². The number of sulfone groups is 1. The molecule has 2 amide bonds. The van der Waals surface area contributed by atoms with Crippen LogP contribution in [0.1, 0.15) is 5.56 Å². The fraction of sp³-hybridized carbons (Fsp3) is 0.0345. The summed E-state index contributed by atoms with van der Waals surface area (Å²) in [5.74, 6) is -0.0864. The molecule has 264 valence electrons. The predicted octanol–water partition coefficient (Wildman–Crippen LogP) is 5.79. The van der Waals surface area contributed by atoms with E-state index in [0.29, 0.717) is 11.3 Å². The van der Waals surface area contributed by atoms with Gasteiger partial charge < -0.3 is 21.7 Å². The fourth-order valence-electron chi connectivity index (χ4n) is 4.57. The summed E-state index contributed by atoms with van der Waals surface area (Å²) in [4.78, 5) is 22.9. The highest BCUT2D eigenvalue weighted by Crippen LogP contribution is 2.37. The molecule has 0 unspecified atom stereocenters. The third-order valence-electron chi connectivity index (χ3n) is 6.74. The number of hydrogen-bond acceptors (Lipinski definition) is 14. The van der Waals surface area contributed by atoms with E-state index in [-0.39, 0.29) is 49.9 Å². The monoisotopic (exact) mass is 773 g/mol. The smallest absolute Gasteiger partial charge is 0.316 e. The number of amides is 2. The first kappa shape index (κ1) is 36.7. The molecule has 1 aromatic heterocycles. The van der Waals surface area contributed by atoms with Crippen LogP contribution < -0.4 is 21.7 Å². The van der Waals surface area contributed by atoms with E-state index in [1.807, 2.05) is 0 Å². The van der Waals surface area contributed by atoms with Crippen molar-refractivity contribution in [1.82, 2.24) is 15.0 Å². The second kappa shape index (κ2) is 14.0. The van der Waals surface area contributed by atoms with E-state index in [4.69, 9.17) is 17.3 Å². The summed E-state index contributed by atoms with van der Waals surface area (Å²) in [6.45, 7) is 4.81. The van der Waals surface area contributed by atoms with Gasteiger partial charge in [-0.3, -0.25) is 9.11 Å². The number of nitrogens with zero attached hydrogens (tertiary/aromatic N) is 5. The van der Waals surface area contributed by atoms with Crippen LogP contribution in [0.3, 0.4) is 0 Å². The zero-order valence-electron chi connectivity index (χ0n) is 25.8. The Morgan fingerprint density at radius 2 is 1.39 bits per heavy atom. The molecule has 0 atom stereocenters. The van der Waals surface area contributed by atoms with Crippen LogP contribution in [0.5, 0.6) is 0 Å². The zero-order valence-corrected chi connectivity index (χ0v) is 29.0. The molecule has 0 spiro atoms. The van der Waals surface area contributed by atoms with Gasteiger partial charge in [0, 0.05) is 22.2 Å². The normalized spacial score (nSPS) is 12.2. The number of anilines is 5. The maximum absolute atomic E-state index is 12.3. The quantitative estimate of drug-likeness (QED) is 0.0684. The minimum Gasteiger partial charge on any atom is -0.351 e. The van der Waals surface area contributed by atoms with Gasteiger partial charge in [0.25, 0.3) is 20.2 Å². The molecule has 0 aliphatic rings. The molecule has 4 aromatic carbocycles. The largest absolute Gasteiger partial charge is 0.351 e. The van der Waals surface area contributed by atoms with Crippen molar-refractivity contribution in [3.63, 3.8) is 0 Å². The van der Waals surface area contributed by atoms with E-state index in [0.717, 1.165) is 17.5 Å². The molecule has 18 nitrogen and oxygen atoms in total. The molecular weight excluding hydrogens is 750 g/mol. The van der Waals surface area contributed by atoms with Gasteiger partial charge in [-0.2, -0.15) is 31.8 Å². The summed E-state index contributed by atoms with van der Waals surface area (Å²) in [7, 11) is -13.3. The van der Waals surface area contributed by atoms with Crippen LogP contribution >= 0.6 is 11.6 Å². The second-order valence-electron chi connectivity index (χ2n) is 10.4. The molecule has 7 N–H and O–H groups in total. The van der Waals surface area contributed by atoms with Crippen molar-refractivity contribution in [2.75, 3.05) is 16.0 Å². The maximum atomic E-state index is 12.3. The Morgan fingerprint density at radius 3 is 1.98 bits per heavy atom. The number of halogens is 1. The van der Waals surface area contributed by atoms with Gasteiger partial charge in [0.15, 0.2) is 9.84 Å². The Bertz CT molecular complexity index is 2600. The molecule has 5 rings (SSSR count). The van der Waals surface area contributed by atoms with Crippen molar-refractivity contribution in [3.8, 4) is 0 Å². The standard InChI is InChI=1S/C29H24ClN9O9S3/c1-3-49(41,42)19-7-4-17(5-8-19)32-28-35-26(30)36-29(37-28)33-18-6-9-21(22(13-18)34-27(31)40)38-39-23-14-20-16(12-25(23)51(46,47)48)10-15(2)11-24(20)50(43,44)45/h3-14H,1H2,2H3,(H3,31,34,40)(H,43,44,45)(H,46,47,48)(H2,32,33,35,36,37). The van der Waals surface area contributed by atoms with Crippen LogP contribution in [0.25, 0.3) is 10.8 Å². The van der Waals surface area contributed by atoms with E-state index in [9.17, 15) is 39.2 Å². The van der Waals surface area contributed by atoms with Crippen molar-refractivity contribution < 1.29 is 39.2 Å². The van der Waals surface area contributed by atoms with Crippen LogP contribution in [0, 0.1) is 6.92 Å². The summed E-state index contributed by atoms with van der Waals surface area (Å²) in [6, 6.07) is 13.3. The molecule has 5 aromatic rings. The first-order chi connectivity index (χ1) is 23.8. The number of urea groups is 1. The molecule has 51 heavy (non-hydrogen) atoms. The summed E-state index contributed by atoms with van der Waals surface area (Å²) in [5.41, 5.74) is 5.77. The van der Waals surface area contributed by atoms with Gasteiger partial charge in [-0.05, 0) is 90.1 Å². The lowest BCUT2D eigenvalue weighted by atomic mass is 10.1. The number of aryl methyl sites for hydroxylation is 1.